The third kappa shape index (κ3) is 2.46. The number of nitrogens with zero attached hydrogens (tertiary/aromatic N) is 1. The smallest absolute Gasteiger partial charge is 0.253 e. The highest BCUT2D eigenvalue weighted by atomic mass is 35.5. The summed E-state index contributed by atoms with van der Waals surface area (Å²) in [5, 5.41) is 12.2. The van der Waals surface area contributed by atoms with E-state index in [-0.39, 0.29) is 18.1 Å². The molecular formula is C10H11ClN2O2. The van der Waals surface area contributed by atoms with Crippen LogP contribution in [-0.2, 0) is 0 Å². The van der Waals surface area contributed by atoms with Crippen LogP contribution in [0.5, 0.6) is 0 Å². The van der Waals surface area contributed by atoms with E-state index in [9.17, 15) is 4.79 Å². The number of pyridine rings is 1. The summed E-state index contributed by atoms with van der Waals surface area (Å²) in [5.74, 6) is -0.170. The molecule has 1 aromatic heterocycles. The minimum atomic E-state index is -0.265. The molecule has 1 aromatic rings. The van der Waals surface area contributed by atoms with Gasteiger partial charge in [-0.1, -0.05) is 11.6 Å². The van der Waals surface area contributed by atoms with Crippen molar-refractivity contribution in [1.29, 1.82) is 0 Å². The molecule has 1 amide bonds. The molecule has 5 heteroatoms. The summed E-state index contributed by atoms with van der Waals surface area (Å²) in [7, 11) is 0. The first-order valence-electron chi connectivity index (χ1n) is 4.75. The molecule has 0 spiro atoms. The standard InChI is InChI=1S/C10H11ClN2O2/c11-9-2-1-6(5-12-9)10(15)13-7-3-8(14)4-7/h1-2,5,7-8,14H,3-4H2,(H,13,15). The van der Waals surface area contributed by atoms with Gasteiger partial charge in [-0.05, 0) is 25.0 Å². The van der Waals surface area contributed by atoms with Gasteiger partial charge in [-0.15, -0.1) is 0 Å². The van der Waals surface area contributed by atoms with Gasteiger partial charge in [-0.25, -0.2) is 4.98 Å². The lowest BCUT2D eigenvalue weighted by Gasteiger charge is -2.31. The summed E-state index contributed by atoms with van der Waals surface area (Å²) in [4.78, 5) is 15.4. The Kier molecular flexibility index (Phi) is 2.88. The van der Waals surface area contributed by atoms with Crippen LogP contribution in [0.25, 0.3) is 0 Å². The molecular weight excluding hydrogens is 216 g/mol. The van der Waals surface area contributed by atoms with Gasteiger partial charge in [0, 0.05) is 12.2 Å². The highest BCUT2D eigenvalue weighted by molar-refractivity contribution is 6.29. The van der Waals surface area contributed by atoms with E-state index in [2.05, 4.69) is 10.3 Å². The molecule has 1 heterocycles. The van der Waals surface area contributed by atoms with Gasteiger partial charge >= 0.3 is 0 Å². The van der Waals surface area contributed by atoms with E-state index >= 15 is 0 Å². The van der Waals surface area contributed by atoms with E-state index < -0.39 is 0 Å². The maximum atomic E-state index is 11.6. The number of carbonyl (C=O) groups is 1. The minimum Gasteiger partial charge on any atom is -0.393 e. The van der Waals surface area contributed by atoms with Gasteiger partial charge in [0.25, 0.3) is 5.91 Å². The molecule has 2 N–H and O–H groups in total. The minimum absolute atomic E-state index is 0.0863. The highest BCUT2D eigenvalue weighted by Gasteiger charge is 2.28. The highest BCUT2D eigenvalue weighted by Crippen LogP contribution is 2.19. The summed E-state index contributed by atoms with van der Waals surface area (Å²) in [5.41, 5.74) is 0.487. The first-order chi connectivity index (χ1) is 7.15. The predicted molar refractivity (Wildman–Crippen MR) is 55.7 cm³/mol. The molecule has 0 aromatic carbocycles. The first kappa shape index (κ1) is 10.4. The molecule has 1 aliphatic rings. The van der Waals surface area contributed by atoms with E-state index in [1.807, 2.05) is 0 Å². The molecule has 4 nitrogen and oxygen atoms in total. The normalized spacial score (nSPS) is 24.4. The van der Waals surface area contributed by atoms with Crippen LogP contribution in [0.4, 0.5) is 0 Å². The van der Waals surface area contributed by atoms with Crippen LogP contribution in [0.2, 0.25) is 5.15 Å². The number of carbonyl (C=O) groups excluding carboxylic acids is 1. The van der Waals surface area contributed by atoms with Crippen molar-refractivity contribution in [3.63, 3.8) is 0 Å². The SMILES string of the molecule is O=C(NC1CC(O)C1)c1ccc(Cl)nc1. The van der Waals surface area contributed by atoms with Crippen molar-refractivity contribution in [2.45, 2.75) is 25.0 Å². The molecule has 15 heavy (non-hydrogen) atoms. The van der Waals surface area contributed by atoms with E-state index in [1.54, 1.807) is 12.1 Å². The van der Waals surface area contributed by atoms with E-state index in [0.717, 1.165) is 0 Å². The van der Waals surface area contributed by atoms with Gasteiger partial charge in [0.2, 0.25) is 0 Å². The molecule has 1 aliphatic carbocycles. The number of nitrogens with one attached hydrogen (secondary N) is 1. The summed E-state index contributed by atoms with van der Waals surface area (Å²) < 4.78 is 0. The second-order valence-electron chi connectivity index (χ2n) is 3.67. The van der Waals surface area contributed by atoms with Crippen molar-refractivity contribution >= 4 is 17.5 Å². The number of aliphatic hydroxyl groups is 1. The van der Waals surface area contributed by atoms with Crippen molar-refractivity contribution in [3.05, 3.63) is 29.0 Å². The Morgan fingerprint density at radius 1 is 1.53 bits per heavy atom. The Morgan fingerprint density at radius 3 is 2.80 bits per heavy atom. The number of aromatic nitrogens is 1. The third-order valence-corrected chi connectivity index (χ3v) is 2.66. The van der Waals surface area contributed by atoms with Gasteiger partial charge in [0.05, 0.1) is 11.7 Å². The van der Waals surface area contributed by atoms with Crippen LogP contribution in [0.15, 0.2) is 18.3 Å². The monoisotopic (exact) mass is 226 g/mol. The van der Waals surface area contributed by atoms with Crippen molar-refractivity contribution in [2.75, 3.05) is 0 Å². The van der Waals surface area contributed by atoms with Crippen molar-refractivity contribution in [3.8, 4) is 0 Å². The van der Waals surface area contributed by atoms with Gasteiger partial charge in [-0.2, -0.15) is 0 Å². The van der Waals surface area contributed by atoms with Crippen LogP contribution < -0.4 is 5.32 Å². The Morgan fingerprint density at radius 2 is 2.27 bits per heavy atom. The second-order valence-corrected chi connectivity index (χ2v) is 4.05. The molecule has 1 saturated carbocycles. The Bertz CT molecular complexity index is 360. The fraction of sp³-hybridized carbons (Fsp3) is 0.400. The van der Waals surface area contributed by atoms with E-state index in [0.29, 0.717) is 23.6 Å². The maximum Gasteiger partial charge on any atom is 0.253 e. The Hall–Kier alpha value is -1.13. The van der Waals surface area contributed by atoms with Gasteiger partial charge < -0.3 is 10.4 Å². The first-order valence-corrected chi connectivity index (χ1v) is 5.13. The molecule has 0 unspecified atom stereocenters. The quantitative estimate of drug-likeness (QED) is 0.740. The number of aliphatic hydroxyl groups excluding tert-OH is 1. The van der Waals surface area contributed by atoms with Crippen molar-refractivity contribution in [1.82, 2.24) is 10.3 Å². The zero-order chi connectivity index (χ0) is 10.8. The number of hydrogen-bond donors (Lipinski definition) is 2. The number of hydrogen-bond acceptors (Lipinski definition) is 3. The van der Waals surface area contributed by atoms with Gasteiger partial charge in [0.15, 0.2) is 0 Å². The fourth-order valence-corrected chi connectivity index (χ4v) is 1.60. The molecule has 0 radical (unpaired) electrons. The molecule has 80 valence electrons. The van der Waals surface area contributed by atoms with Crippen LogP contribution in [0, 0.1) is 0 Å². The fourth-order valence-electron chi connectivity index (χ4n) is 1.48. The van der Waals surface area contributed by atoms with Gasteiger partial charge in [0.1, 0.15) is 5.15 Å². The lowest BCUT2D eigenvalue weighted by Crippen LogP contribution is -2.46. The average molecular weight is 227 g/mol. The molecule has 0 atom stereocenters. The topological polar surface area (TPSA) is 62.2 Å². The molecule has 2 rings (SSSR count). The van der Waals surface area contributed by atoms with Crippen LogP contribution in [-0.4, -0.2) is 28.1 Å². The number of halogens is 1. The van der Waals surface area contributed by atoms with Crippen molar-refractivity contribution in [2.24, 2.45) is 0 Å². The second kappa shape index (κ2) is 4.16. The zero-order valence-electron chi connectivity index (χ0n) is 7.98. The van der Waals surface area contributed by atoms with E-state index in [4.69, 9.17) is 16.7 Å². The lowest BCUT2D eigenvalue weighted by molar-refractivity contribution is 0.0562. The molecule has 0 bridgehead atoms. The van der Waals surface area contributed by atoms with Crippen LogP contribution in [0.3, 0.4) is 0 Å². The molecule has 0 saturated heterocycles. The summed E-state index contributed by atoms with van der Waals surface area (Å²) in [6.07, 6.45) is 2.44. The summed E-state index contributed by atoms with van der Waals surface area (Å²) >= 11 is 5.60. The Balaban J connectivity index is 1.93. The maximum absolute atomic E-state index is 11.6. The van der Waals surface area contributed by atoms with Gasteiger partial charge in [-0.3, -0.25) is 4.79 Å². The van der Waals surface area contributed by atoms with Crippen LogP contribution in [0.1, 0.15) is 23.2 Å². The largest absolute Gasteiger partial charge is 0.393 e. The number of rotatable bonds is 2. The zero-order valence-corrected chi connectivity index (χ0v) is 8.74. The van der Waals surface area contributed by atoms with Crippen LogP contribution >= 0.6 is 11.6 Å². The molecule has 1 fully saturated rings. The summed E-state index contributed by atoms with van der Waals surface area (Å²) in [6.45, 7) is 0. The Labute approximate surface area is 92.3 Å². The predicted octanol–water partition coefficient (Wildman–Crippen LogP) is 0.988. The van der Waals surface area contributed by atoms with E-state index in [1.165, 1.54) is 6.20 Å². The molecule has 0 aliphatic heterocycles. The third-order valence-electron chi connectivity index (χ3n) is 2.44. The number of amides is 1. The lowest BCUT2D eigenvalue weighted by atomic mass is 9.89. The average Bonchev–Trinajstić information content (AvgIpc) is 2.16. The van der Waals surface area contributed by atoms with Crippen molar-refractivity contribution < 1.29 is 9.90 Å². The summed E-state index contributed by atoms with van der Waals surface area (Å²) in [6, 6.07) is 3.29.